The summed E-state index contributed by atoms with van der Waals surface area (Å²) >= 11 is 0. The molecule has 40 heavy (non-hydrogen) atoms. The largest absolute Gasteiger partial charge is 0.508 e. The molecule has 0 aliphatic rings. The number of aromatic hydroxyl groups is 1. The van der Waals surface area contributed by atoms with Gasteiger partial charge >= 0.3 is 0 Å². The molecule has 1 N–H and O–H groups in total. The van der Waals surface area contributed by atoms with E-state index in [0.717, 1.165) is 16.7 Å². The van der Waals surface area contributed by atoms with E-state index in [1.54, 1.807) is 6.07 Å². The zero-order valence-corrected chi connectivity index (χ0v) is 21.6. The summed E-state index contributed by atoms with van der Waals surface area (Å²) in [6, 6.07) is 39.3. The zero-order chi connectivity index (χ0) is 27.3. The maximum absolute atomic E-state index is 13.8. The van der Waals surface area contributed by atoms with Crippen molar-refractivity contribution in [3.05, 3.63) is 149 Å². The molecule has 0 aliphatic carbocycles. The van der Waals surface area contributed by atoms with Crippen molar-refractivity contribution in [2.45, 2.75) is 13.2 Å². The Labute approximate surface area is 231 Å². The molecule has 0 amide bonds. The van der Waals surface area contributed by atoms with Gasteiger partial charge < -0.3 is 19.0 Å². The van der Waals surface area contributed by atoms with E-state index in [1.807, 2.05) is 109 Å². The van der Waals surface area contributed by atoms with E-state index in [9.17, 15) is 9.90 Å². The lowest BCUT2D eigenvalue weighted by atomic mass is 9.98. The van der Waals surface area contributed by atoms with Crippen LogP contribution in [0.2, 0.25) is 0 Å². The van der Waals surface area contributed by atoms with E-state index in [4.69, 9.17) is 13.9 Å². The molecular weight excluding hydrogens is 500 g/mol. The predicted molar refractivity (Wildman–Crippen MR) is 157 cm³/mol. The number of hydrogen-bond donors (Lipinski definition) is 1. The average molecular weight is 527 g/mol. The molecule has 5 nitrogen and oxygen atoms in total. The second-order valence-electron chi connectivity index (χ2n) is 9.39. The molecule has 0 saturated carbocycles. The number of ether oxygens (including phenoxy) is 2. The number of rotatable bonds is 8. The van der Waals surface area contributed by atoms with E-state index in [0.29, 0.717) is 52.6 Å². The highest BCUT2D eigenvalue weighted by molar-refractivity contribution is 5.90. The highest BCUT2D eigenvalue weighted by Gasteiger charge is 2.20. The first-order chi connectivity index (χ1) is 19.7. The lowest BCUT2D eigenvalue weighted by Crippen LogP contribution is -2.07. The van der Waals surface area contributed by atoms with Crippen LogP contribution in [0.3, 0.4) is 0 Å². The van der Waals surface area contributed by atoms with Crippen LogP contribution in [-0.2, 0) is 13.2 Å². The van der Waals surface area contributed by atoms with E-state index in [1.165, 1.54) is 12.1 Å². The Balaban J connectivity index is 1.47. The van der Waals surface area contributed by atoms with Gasteiger partial charge in [-0.15, -0.1) is 0 Å². The van der Waals surface area contributed by atoms with Crippen LogP contribution in [0.5, 0.6) is 17.2 Å². The number of hydrogen-bond acceptors (Lipinski definition) is 5. The molecule has 6 rings (SSSR count). The fourth-order valence-electron chi connectivity index (χ4n) is 4.60. The minimum atomic E-state index is -0.182. The van der Waals surface area contributed by atoms with Crippen LogP contribution in [0.15, 0.2) is 137 Å². The fourth-order valence-corrected chi connectivity index (χ4v) is 4.60. The normalized spacial score (nSPS) is 10.9. The summed E-state index contributed by atoms with van der Waals surface area (Å²) in [5.41, 5.74) is 3.99. The molecule has 0 fully saturated rings. The first-order valence-electron chi connectivity index (χ1n) is 13.0. The molecule has 0 atom stereocenters. The lowest BCUT2D eigenvalue weighted by Gasteiger charge is -2.16. The van der Waals surface area contributed by atoms with Crippen molar-refractivity contribution in [1.82, 2.24) is 0 Å². The maximum Gasteiger partial charge on any atom is 0.201 e. The lowest BCUT2D eigenvalue weighted by molar-refractivity contribution is 0.256. The fraction of sp³-hybridized carbons (Fsp3) is 0.0571. The maximum atomic E-state index is 13.8. The van der Waals surface area contributed by atoms with Crippen molar-refractivity contribution in [2.75, 3.05) is 0 Å². The summed E-state index contributed by atoms with van der Waals surface area (Å²) < 4.78 is 18.8. The van der Waals surface area contributed by atoms with Gasteiger partial charge in [0.15, 0.2) is 11.5 Å². The Bertz CT molecular complexity index is 1810. The molecular formula is C35H26O5. The third kappa shape index (κ3) is 5.31. The molecule has 0 spiro atoms. The summed E-state index contributed by atoms with van der Waals surface area (Å²) in [6.07, 6.45) is 0. The number of phenols is 1. The Hall–Kier alpha value is -5.29. The molecule has 0 aliphatic heterocycles. The summed E-state index contributed by atoms with van der Waals surface area (Å²) in [6.45, 7) is 0.717. The Morgan fingerprint density at radius 1 is 0.600 bits per heavy atom. The van der Waals surface area contributed by atoms with E-state index < -0.39 is 0 Å². The Morgan fingerprint density at radius 3 is 1.85 bits per heavy atom. The monoisotopic (exact) mass is 526 g/mol. The van der Waals surface area contributed by atoms with Gasteiger partial charge in [-0.05, 0) is 47.0 Å². The molecule has 0 saturated heterocycles. The van der Waals surface area contributed by atoms with Gasteiger partial charge in [-0.3, -0.25) is 4.79 Å². The molecule has 1 aromatic heterocycles. The number of phenolic OH excluding ortho intramolecular Hbond substituents is 1. The van der Waals surface area contributed by atoms with Crippen molar-refractivity contribution >= 4 is 11.0 Å². The van der Waals surface area contributed by atoms with Crippen LogP contribution in [0.4, 0.5) is 0 Å². The third-order valence-electron chi connectivity index (χ3n) is 6.62. The van der Waals surface area contributed by atoms with Gasteiger partial charge in [0.05, 0.1) is 10.9 Å². The first kappa shape index (κ1) is 25.0. The SMILES string of the molecule is O=c1c(-c2ccccc2)c(-c2ccc(OCc3ccccc3)c(OCc3ccccc3)c2)oc2cc(O)ccc12. The molecule has 5 heteroatoms. The molecule has 196 valence electrons. The summed E-state index contributed by atoms with van der Waals surface area (Å²) in [4.78, 5) is 13.8. The highest BCUT2D eigenvalue weighted by atomic mass is 16.5. The number of benzene rings is 5. The van der Waals surface area contributed by atoms with E-state index >= 15 is 0 Å². The minimum Gasteiger partial charge on any atom is -0.508 e. The molecule has 0 unspecified atom stereocenters. The van der Waals surface area contributed by atoms with Crippen LogP contribution in [0, 0.1) is 0 Å². The third-order valence-corrected chi connectivity index (χ3v) is 6.62. The van der Waals surface area contributed by atoms with Gasteiger partial charge in [-0.1, -0.05) is 91.0 Å². The van der Waals surface area contributed by atoms with Crippen molar-refractivity contribution in [3.8, 4) is 39.7 Å². The molecule has 6 aromatic rings. The number of fused-ring (bicyclic) bond motifs is 1. The smallest absolute Gasteiger partial charge is 0.201 e. The Morgan fingerprint density at radius 2 is 1.20 bits per heavy atom. The van der Waals surface area contributed by atoms with Crippen molar-refractivity contribution in [3.63, 3.8) is 0 Å². The van der Waals surface area contributed by atoms with Gasteiger partial charge in [-0.25, -0.2) is 0 Å². The summed E-state index contributed by atoms with van der Waals surface area (Å²) in [7, 11) is 0. The summed E-state index contributed by atoms with van der Waals surface area (Å²) in [5.74, 6) is 1.50. The molecule has 0 bridgehead atoms. The second kappa shape index (κ2) is 11.2. The van der Waals surface area contributed by atoms with Gasteiger partial charge in [0.2, 0.25) is 5.43 Å². The van der Waals surface area contributed by atoms with Crippen LogP contribution in [-0.4, -0.2) is 5.11 Å². The second-order valence-corrected chi connectivity index (χ2v) is 9.39. The van der Waals surface area contributed by atoms with Crippen molar-refractivity contribution in [2.24, 2.45) is 0 Å². The highest BCUT2D eigenvalue weighted by Crippen LogP contribution is 2.38. The van der Waals surface area contributed by atoms with Gasteiger partial charge in [-0.2, -0.15) is 0 Å². The first-order valence-corrected chi connectivity index (χ1v) is 13.0. The summed E-state index contributed by atoms with van der Waals surface area (Å²) in [5, 5.41) is 10.5. The molecule has 1 heterocycles. The zero-order valence-electron chi connectivity index (χ0n) is 21.6. The van der Waals surface area contributed by atoms with E-state index in [-0.39, 0.29) is 11.2 Å². The van der Waals surface area contributed by atoms with Crippen LogP contribution >= 0.6 is 0 Å². The van der Waals surface area contributed by atoms with Gasteiger partial charge in [0, 0.05) is 11.6 Å². The van der Waals surface area contributed by atoms with Gasteiger partial charge in [0.1, 0.15) is 30.3 Å². The quantitative estimate of drug-likeness (QED) is 0.218. The van der Waals surface area contributed by atoms with E-state index in [2.05, 4.69) is 0 Å². The van der Waals surface area contributed by atoms with Gasteiger partial charge in [0.25, 0.3) is 0 Å². The van der Waals surface area contributed by atoms with Crippen molar-refractivity contribution in [1.29, 1.82) is 0 Å². The van der Waals surface area contributed by atoms with Crippen LogP contribution in [0.25, 0.3) is 33.4 Å². The predicted octanol–water partition coefficient (Wildman–Crippen LogP) is 7.99. The standard InChI is InChI=1S/C35H26O5/c36-28-17-18-29-31(21-28)40-35(33(34(29)37)26-14-8-3-9-15-26)27-16-19-30(38-22-24-10-4-1-5-11-24)32(20-27)39-23-25-12-6-2-7-13-25/h1-21,36H,22-23H2. The van der Waals surface area contributed by atoms with Crippen molar-refractivity contribution < 1.29 is 19.0 Å². The molecule has 0 radical (unpaired) electrons. The molecule has 5 aromatic carbocycles. The minimum absolute atomic E-state index is 0.0191. The topological polar surface area (TPSA) is 68.9 Å². The Kier molecular flexibility index (Phi) is 7.01. The van der Waals surface area contributed by atoms with Crippen LogP contribution in [0.1, 0.15) is 11.1 Å². The average Bonchev–Trinajstić information content (AvgIpc) is 3.00. The van der Waals surface area contributed by atoms with Crippen LogP contribution < -0.4 is 14.9 Å².